The number of benzene rings is 2. The molecule has 4 aliphatic rings. The smallest absolute Gasteiger partial charge is 0.194 e. The van der Waals surface area contributed by atoms with Crippen LogP contribution < -0.4 is 4.74 Å². The minimum absolute atomic E-state index is 0.0217. The molecular weight excluding hydrogens is 564 g/mol. The lowest BCUT2D eigenvalue weighted by molar-refractivity contribution is -0.125. The Morgan fingerprint density at radius 1 is 0.930 bits per heavy atom. The maximum absolute atomic E-state index is 14.3. The molecule has 1 saturated carbocycles. The number of aliphatic hydroxyl groups excluding tert-OH is 3. The summed E-state index contributed by atoms with van der Waals surface area (Å²) in [4.78, 5) is 41.6. The van der Waals surface area contributed by atoms with Gasteiger partial charge in [0.25, 0.3) is 0 Å². The zero-order valence-corrected chi connectivity index (χ0v) is 23.5. The van der Waals surface area contributed by atoms with Gasteiger partial charge in [0.15, 0.2) is 28.8 Å². The third kappa shape index (κ3) is 3.97. The number of hydrogen-bond acceptors (Lipinski definition) is 12. The Balaban J connectivity index is 1.59. The Labute approximate surface area is 245 Å². The maximum Gasteiger partial charge on any atom is 0.194 e. The van der Waals surface area contributed by atoms with E-state index in [0.717, 1.165) is 12.1 Å². The van der Waals surface area contributed by atoms with Crippen molar-refractivity contribution in [3.05, 3.63) is 57.2 Å². The second-order valence-electron chi connectivity index (χ2n) is 12.6. The number of allylic oxidation sites excluding steroid dienone is 2. The third-order valence-electron chi connectivity index (χ3n) is 9.79. The summed E-state index contributed by atoms with van der Waals surface area (Å²) in [5.74, 6) is -7.44. The van der Waals surface area contributed by atoms with E-state index in [4.69, 9.17) is 4.74 Å². The topological polar surface area (TPSA) is 222 Å². The van der Waals surface area contributed by atoms with Crippen molar-refractivity contribution in [2.75, 3.05) is 7.11 Å². The molecule has 0 saturated heterocycles. The average molecular weight is 597 g/mol. The van der Waals surface area contributed by atoms with Crippen molar-refractivity contribution in [1.82, 2.24) is 0 Å². The van der Waals surface area contributed by atoms with E-state index in [1.807, 2.05) is 0 Å². The second kappa shape index (κ2) is 9.34. The minimum Gasteiger partial charge on any atom is -0.507 e. The fraction of sp³-hybridized carbons (Fsp3) is 0.452. The van der Waals surface area contributed by atoms with Crippen molar-refractivity contribution in [2.45, 2.75) is 68.5 Å². The number of ketones is 3. The highest BCUT2D eigenvalue weighted by atomic mass is 16.5. The molecule has 0 aliphatic heterocycles. The van der Waals surface area contributed by atoms with E-state index in [9.17, 15) is 55.2 Å². The number of aromatic hydroxyl groups is 3. The molecule has 6 rings (SSSR count). The van der Waals surface area contributed by atoms with Crippen LogP contribution in [0.15, 0.2) is 23.8 Å². The number of phenolic OH excluding ortho intramolecular Hbond substituents is 3. The van der Waals surface area contributed by atoms with Crippen LogP contribution in [0.25, 0.3) is 0 Å². The number of ether oxygens (including phenoxy) is 1. The van der Waals surface area contributed by atoms with Gasteiger partial charge in [-0.3, -0.25) is 14.4 Å². The predicted octanol–water partition coefficient (Wildman–Crippen LogP) is 0.937. The van der Waals surface area contributed by atoms with Crippen molar-refractivity contribution >= 4 is 17.3 Å². The summed E-state index contributed by atoms with van der Waals surface area (Å²) >= 11 is 0. The summed E-state index contributed by atoms with van der Waals surface area (Å²) in [5.41, 5.74) is -5.07. The van der Waals surface area contributed by atoms with Gasteiger partial charge in [-0.1, -0.05) is 0 Å². The lowest BCUT2D eigenvalue weighted by Gasteiger charge is -2.49. The molecule has 8 atom stereocenters. The van der Waals surface area contributed by atoms with Gasteiger partial charge in [-0.2, -0.15) is 0 Å². The Morgan fingerprint density at radius 2 is 1.60 bits per heavy atom. The fourth-order valence-electron chi connectivity index (χ4n) is 7.47. The molecule has 2 aromatic rings. The van der Waals surface area contributed by atoms with Gasteiger partial charge in [0.2, 0.25) is 0 Å². The van der Waals surface area contributed by atoms with E-state index in [2.05, 4.69) is 0 Å². The monoisotopic (exact) mass is 596 g/mol. The van der Waals surface area contributed by atoms with Crippen LogP contribution in [-0.2, 0) is 6.42 Å². The Hall–Kier alpha value is -3.81. The first-order valence-corrected chi connectivity index (χ1v) is 13.9. The molecule has 8 unspecified atom stereocenters. The Morgan fingerprint density at radius 3 is 2.26 bits per heavy atom. The summed E-state index contributed by atoms with van der Waals surface area (Å²) in [6.07, 6.45) is -4.42. The van der Waals surface area contributed by atoms with Gasteiger partial charge in [0.05, 0.1) is 35.5 Å². The van der Waals surface area contributed by atoms with Crippen LogP contribution in [0, 0.1) is 11.8 Å². The first kappa shape index (κ1) is 29.3. The number of carbonyl (C=O) groups is 3. The van der Waals surface area contributed by atoms with Crippen molar-refractivity contribution in [1.29, 1.82) is 0 Å². The average Bonchev–Trinajstić information content (AvgIpc) is 2.93. The first-order valence-electron chi connectivity index (χ1n) is 13.9. The molecule has 12 nitrogen and oxygen atoms in total. The SMILES string of the molecule is COc1cc(O)c2c(c1O)C(C1=CC(=O)c3cc4c(c(O)c3C1=O)CC(C)(O)C(O)C4O)C1CC(C)(O)C(O)CC1C2=O. The normalized spacial score (nSPS) is 35.0. The van der Waals surface area contributed by atoms with E-state index in [-0.39, 0.29) is 58.4 Å². The molecule has 1 fully saturated rings. The van der Waals surface area contributed by atoms with Crippen LogP contribution in [0.1, 0.15) is 86.5 Å². The number of methoxy groups -OCH3 is 1. The number of carbonyl (C=O) groups excluding carboxylic acids is 3. The summed E-state index contributed by atoms with van der Waals surface area (Å²) in [7, 11) is 1.22. The fourth-order valence-corrected chi connectivity index (χ4v) is 7.47. The largest absolute Gasteiger partial charge is 0.507 e. The highest BCUT2D eigenvalue weighted by Gasteiger charge is 2.56. The van der Waals surface area contributed by atoms with E-state index < -0.39 is 87.4 Å². The lowest BCUT2D eigenvalue weighted by Crippen LogP contribution is -2.53. The number of phenols is 3. The summed E-state index contributed by atoms with van der Waals surface area (Å²) in [6.45, 7) is 2.62. The zero-order valence-electron chi connectivity index (χ0n) is 23.5. The van der Waals surface area contributed by atoms with Crippen LogP contribution in [0.2, 0.25) is 0 Å². The highest BCUT2D eigenvalue weighted by molar-refractivity contribution is 6.26. The van der Waals surface area contributed by atoms with Gasteiger partial charge in [-0.25, -0.2) is 0 Å². The minimum atomic E-state index is -1.87. The molecule has 4 aliphatic carbocycles. The standard InChI is InChI=1S/C31H32O12/c1-30(41)8-14-11(6-19(30)34)24(35)22-17(33)7-18(43-3)28(39)23(22)20(14)13-5-16(32)12-4-10-15(26(37)21(12)25(13)36)9-31(2,42)29(40)27(10)38/h4-5,7,11,14,19-20,27,29,33-34,37-42H,6,8-9H2,1-3H3. The predicted molar refractivity (Wildman–Crippen MR) is 146 cm³/mol. The van der Waals surface area contributed by atoms with E-state index in [0.29, 0.717) is 0 Å². The molecule has 12 heteroatoms. The van der Waals surface area contributed by atoms with Crippen LogP contribution >= 0.6 is 0 Å². The molecule has 0 bridgehead atoms. The van der Waals surface area contributed by atoms with Gasteiger partial charge in [-0.05, 0) is 50.3 Å². The zero-order chi connectivity index (χ0) is 31.5. The quantitative estimate of drug-likeness (QED) is 0.227. The van der Waals surface area contributed by atoms with Crippen LogP contribution in [0.5, 0.6) is 23.0 Å². The second-order valence-corrected chi connectivity index (χ2v) is 12.6. The summed E-state index contributed by atoms with van der Waals surface area (Å²) in [6, 6.07) is 2.23. The number of aliphatic hydroxyl groups is 5. The van der Waals surface area contributed by atoms with Crippen molar-refractivity contribution < 1.29 is 60.0 Å². The molecular formula is C31H32O12. The van der Waals surface area contributed by atoms with Crippen molar-refractivity contribution in [2.24, 2.45) is 11.8 Å². The maximum atomic E-state index is 14.3. The molecule has 0 heterocycles. The lowest BCUT2D eigenvalue weighted by atomic mass is 9.56. The number of Topliss-reactive ketones (excluding diaryl/α,β-unsaturated/α-hetero) is 2. The van der Waals surface area contributed by atoms with E-state index in [1.54, 1.807) is 0 Å². The van der Waals surface area contributed by atoms with Gasteiger partial charge in [0.1, 0.15) is 23.7 Å². The number of hydrogen-bond donors (Lipinski definition) is 8. The molecule has 0 aromatic heterocycles. The summed E-state index contributed by atoms with van der Waals surface area (Å²) < 4.78 is 5.19. The first-order chi connectivity index (χ1) is 20.0. The molecule has 228 valence electrons. The molecule has 0 amide bonds. The summed E-state index contributed by atoms with van der Waals surface area (Å²) in [5, 5.41) is 86.9. The van der Waals surface area contributed by atoms with Crippen LogP contribution in [-0.4, -0.2) is 88.7 Å². The molecule has 2 aromatic carbocycles. The Kier molecular flexibility index (Phi) is 6.36. The molecule has 0 spiro atoms. The van der Waals surface area contributed by atoms with Gasteiger partial charge >= 0.3 is 0 Å². The Bertz CT molecular complexity index is 1650. The molecule has 8 N–H and O–H groups in total. The number of rotatable bonds is 2. The van der Waals surface area contributed by atoms with Crippen LogP contribution in [0.3, 0.4) is 0 Å². The van der Waals surface area contributed by atoms with E-state index in [1.165, 1.54) is 27.0 Å². The van der Waals surface area contributed by atoms with Crippen molar-refractivity contribution in [3.63, 3.8) is 0 Å². The van der Waals surface area contributed by atoms with Crippen molar-refractivity contribution in [3.8, 4) is 23.0 Å². The third-order valence-corrected chi connectivity index (χ3v) is 9.79. The molecule has 0 radical (unpaired) electrons. The van der Waals surface area contributed by atoms with Gasteiger partial charge in [-0.15, -0.1) is 0 Å². The molecule has 43 heavy (non-hydrogen) atoms. The van der Waals surface area contributed by atoms with Gasteiger partial charge < -0.3 is 45.6 Å². The number of fused-ring (bicyclic) bond motifs is 4. The van der Waals surface area contributed by atoms with Gasteiger partial charge in [0, 0.05) is 46.6 Å². The highest BCUT2D eigenvalue weighted by Crippen LogP contribution is 2.58. The van der Waals surface area contributed by atoms with E-state index >= 15 is 0 Å². The van der Waals surface area contributed by atoms with Crippen LogP contribution in [0.4, 0.5) is 0 Å².